The van der Waals surface area contributed by atoms with E-state index < -0.39 is 5.54 Å². The van der Waals surface area contributed by atoms with Crippen LogP contribution < -0.4 is 11.5 Å². The molecule has 0 spiro atoms. The lowest BCUT2D eigenvalue weighted by molar-refractivity contribution is 0.796. The van der Waals surface area contributed by atoms with Gasteiger partial charge in [-0.3, -0.25) is 5.41 Å². The summed E-state index contributed by atoms with van der Waals surface area (Å²) in [4.78, 5) is 13.7. The van der Waals surface area contributed by atoms with E-state index in [0.29, 0.717) is 5.84 Å². The molecule has 1 heterocycles. The molecule has 0 saturated carbocycles. The smallest absolute Gasteiger partial charge is 0.219 e. The molecule has 1 aliphatic carbocycles. The van der Waals surface area contributed by atoms with E-state index in [2.05, 4.69) is 22.1 Å². The lowest BCUT2D eigenvalue weighted by Crippen LogP contribution is -2.45. The third kappa shape index (κ3) is 2.65. The highest BCUT2D eigenvalue weighted by atomic mass is 15.2. The minimum absolute atomic E-state index is 0.0933. The van der Waals surface area contributed by atoms with Crippen LogP contribution in [0, 0.1) is 19.3 Å². The van der Waals surface area contributed by atoms with Crippen molar-refractivity contribution in [2.24, 2.45) is 26.4 Å². The summed E-state index contributed by atoms with van der Waals surface area (Å²) in [5.74, 6) is 0.325. The summed E-state index contributed by atoms with van der Waals surface area (Å²) < 4.78 is 0. The molecule has 1 aliphatic heterocycles. The Morgan fingerprint density at radius 3 is 2.67 bits per heavy atom. The molecule has 2 aliphatic rings. The summed E-state index contributed by atoms with van der Waals surface area (Å²) >= 11 is 0. The zero-order chi connectivity index (χ0) is 19.2. The molecular formula is C21H22N6. The highest BCUT2D eigenvalue weighted by Gasteiger charge is 2.46. The van der Waals surface area contributed by atoms with E-state index in [9.17, 15) is 0 Å². The number of fused-ring (bicyclic) bond motifs is 1. The molecule has 136 valence electrons. The van der Waals surface area contributed by atoms with Gasteiger partial charge >= 0.3 is 0 Å². The molecule has 1 atom stereocenters. The second-order valence-electron chi connectivity index (χ2n) is 7.06. The van der Waals surface area contributed by atoms with Gasteiger partial charge in [-0.2, -0.15) is 4.99 Å². The molecule has 0 aromatic heterocycles. The predicted molar refractivity (Wildman–Crippen MR) is 110 cm³/mol. The SMILES string of the molecule is Cc1ccc(C2(C(=N)N)N=C(N)N=C2N=C2CCc3ccccc32)c(C)c1. The third-order valence-electron chi connectivity index (χ3n) is 5.19. The van der Waals surface area contributed by atoms with E-state index in [4.69, 9.17) is 21.9 Å². The topological polar surface area (TPSA) is 113 Å². The van der Waals surface area contributed by atoms with Crippen LogP contribution in [0.1, 0.15) is 34.2 Å². The summed E-state index contributed by atoms with van der Waals surface area (Å²) in [6.07, 6.45) is 1.76. The Kier molecular flexibility index (Phi) is 3.91. The van der Waals surface area contributed by atoms with E-state index in [0.717, 1.165) is 40.8 Å². The number of hydrogen-bond donors (Lipinski definition) is 3. The van der Waals surface area contributed by atoms with E-state index in [-0.39, 0.29) is 11.8 Å². The van der Waals surface area contributed by atoms with Crippen molar-refractivity contribution < 1.29 is 0 Å². The normalized spacial score (nSPS) is 22.5. The van der Waals surface area contributed by atoms with Gasteiger partial charge in [-0.15, -0.1) is 0 Å². The van der Waals surface area contributed by atoms with Gasteiger partial charge in [-0.1, -0.05) is 48.0 Å². The van der Waals surface area contributed by atoms with Crippen molar-refractivity contribution >= 4 is 23.3 Å². The van der Waals surface area contributed by atoms with Crippen molar-refractivity contribution in [3.05, 3.63) is 70.3 Å². The monoisotopic (exact) mass is 358 g/mol. The Bertz CT molecular complexity index is 1050. The van der Waals surface area contributed by atoms with Crippen molar-refractivity contribution in [3.8, 4) is 0 Å². The number of amidine groups is 2. The largest absolute Gasteiger partial charge is 0.385 e. The Balaban J connectivity index is 1.89. The molecule has 0 radical (unpaired) electrons. The van der Waals surface area contributed by atoms with Crippen LogP contribution in [-0.4, -0.2) is 23.3 Å². The third-order valence-corrected chi connectivity index (χ3v) is 5.19. The van der Waals surface area contributed by atoms with E-state index >= 15 is 0 Å². The first kappa shape index (κ1) is 17.1. The number of nitrogens with two attached hydrogens (primary N) is 2. The fourth-order valence-electron chi connectivity index (χ4n) is 3.92. The van der Waals surface area contributed by atoms with Crippen LogP contribution in [0.2, 0.25) is 0 Å². The molecule has 6 nitrogen and oxygen atoms in total. The Labute approximate surface area is 158 Å². The van der Waals surface area contributed by atoms with E-state index in [1.54, 1.807) is 0 Å². The van der Waals surface area contributed by atoms with Gasteiger partial charge < -0.3 is 11.5 Å². The van der Waals surface area contributed by atoms with Crippen LogP contribution in [0.3, 0.4) is 0 Å². The van der Waals surface area contributed by atoms with Crippen LogP contribution in [0.4, 0.5) is 0 Å². The van der Waals surface area contributed by atoms with Gasteiger partial charge in [0.1, 0.15) is 5.84 Å². The number of hydrogen-bond acceptors (Lipinski definition) is 5. The van der Waals surface area contributed by atoms with Gasteiger partial charge in [-0.25, -0.2) is 9.98 Å². The highest BCUT2D eigenvalue weighted by Crippen LogP contribution is 2.35. The minimum Gasteiger partial charge on any atom is -0.385 e. The minimum atomic E-state index is -1.27. The molecule has 1 unspecified atom stereocenters. The molecule has 2 aromatic rings. The fraction of sp³-hybridized carbons (Fsp3) is 0.238. The molecule has 6 heteroatoms. The summed E-state index contributed by atoms with van der Waals surface area (Å²) in [5, 5.41) is 8.33. The summed E-state index contributed by atoms with van der Waals surface area (Å²) in [5.41, 5.74) is 17.0. The van der Waals surface area contributed by atoms with Gasteiger partial charge in [0.2, 0.25) is 11.5 Å². The second kappa shape index (κ2) is 6.16. The highest BCUT2D eigenvalue weighted by molar-refractivity contribution is 6.24. The molecule has 0 amide bonds. The van der Waals surface area contributed by atoms with Crippen LogP contribution in [-0.2, 0) is 12.0 Å². The molecule has 0 fully saturated rings. The lowest BCUT2D eigenvalue weighted by Gasteiger charge is -2.27. The zero-order valence-electron chi connectivity index (χ0n) is 15.5. The van der Waals surface area contributed by atoms with E-state index in [1.807, 2.05) is 44.2 Å². The summed E-state index contributed by atoms with van der Waals surface area (Å²) in [7, 11) is 0. The maximum Gasteiger partial charge on any atom is 0.219 e. The number of guanidine groups is 1. The van der Waals surface area contributed by atoms with Gasteiger partial charge in [0.15, 0.2) is 5.84 Å². The average molecular weight is 358 g/mol. The van der Waals surface area contributed by atoms with Crippen molar-refractivity contribution in [1.29, 1.82) is 5.41 Å². The van der Waals surface area contributed by atoms with Crippen LogP contribution >= 0.6 is 0 Å². The second-order valence-corrected chi connectivity index (χ2v) is 7.06. The van der Waals surface area contributed by atoms with Crippen LogP contribution in [0.5, 0.6) is 0 Å². The Morgan fingerprint density at radius 2 is 1.93 bits per heavy atom. The number of rotatable bonds is 2. The number of aliphatic imine (C=N–C) groups is 3. The van der Waals surface area contributed by atoms with Crippen molar-refractivity contribution in [3.63, 3.8) is 0 Å². The molecular weight excluding hydrogens is 336 g/mol. The molecule has 2 aromatic carbocycles. The maximum absolute atomic E-state index is 8.33. The lowest BCUT2D eigenvalue weighted by atomic mass is 9.84. The van der Waals surface area contributed by atoms with Crippen LogP contribution in [0.15, 0.2) is 57.4 Å². The average Bonchev–Trinajstić information content (AvgIpc) is 3.17. The molecule has 5 N–H and O–H groups in total. The van der Waals surface area contributed by atoms with Crippen molar-refractivity contribution in [2.75, 3.05) is 0 Å². The molecule has 4 rings (SSSR count). The van der Waals surface area contributed by atoms with Gasteiger partial charge in [-0.05, 0) is 48.9 Å². The van der Waals surface area contributed by atoms with Crippen LogP contribution in [0.25, 0.3) is 0 Å². The van der Waals surface area contributed by atoms with Gasteiger partial charge in [0.25, 0.3) is 0 Å². The number of benzene rings is 2. The Morgan fingerprint density at radius 1 is 1.15 bits per heavy atom. The molecule has 0 bridgehead atoms. The molecule has 27 heavy (non-hydrogen) atoms. The van der Waals surface area contributed by atoms with Gasteiger partial charge in [0, 0.05) is 0 Å². The quantitative estimate of drug-likeness (QED) is 0.566. The first-order valence-corrected chi connectivity index (χ1v) is 8.94. The van der Waals surface area contributed by atoms with E-state index in [1.165, 1.54) is 5.56 Å². The number of nitrogens with zero attached hydrogens (tertiary/aromatic N) is 3. The van der Waals surface area contributed by atoms with Gasteiger partial charge in [0.05, 0.1) is 5.71 Å². The fourth-order valence-corrected chi connectivity index (χ4v) is 3.92. The predicted octanol–water partition coefficient (Wildman–Crippen LogP) is 2.60. The number of nitrogens with one attached hydrogen (secondary N) is 1. The zero-order valence-corrected chi connectivity index (χ0v) is 15.5. The molecule has 0 saturated heterocycles. The van der Waals surface area contributed by atoms with Crippen molar-refractivity contribution in [1.82, 2.24) is 0 Å². The Hall–Kier alpha value is -3.28. The standard InChI is InChI=1S/C21H22N6/c1-12-7-9-16(13(2)11-12)21(18(22)23)19(26-20(24)27-21)25-17-10-8-14-5-3-4-6-15(14)17/h3-7,9,11H,8,10H2,1-2H3,(H3,22,23)(H2,24,27). The maximum atomic E-state index is 8.33. The summed E-state index contributed by atoms with van der Waals surface area (Å²) in [6.45, 7) is 4.00. The number of aryl methyl sites for hydroxylation is 3. The van der Waals surface area contributed by atoms with Crippen molar-refractivity contribution in [2.45, 2.75) is 32.2 Å². The first-order chi connectivity index (χ1) is 12.9. The first-order valence-electron chi connectivity index (χ1n) is 8.94. The summed E-state index contributed by atoms with van der Waals surface area (Å²) in [6, 6.07) is 14.2.